The summed E-state index contributed by atoms with van der Waals surface area (Å²) in [6, 6.07) is 0. The van der Waals surface area contributed by atoms with Crippen LogP contribution in [0, 0.1) is 17.8 Å². The fourth-order valence-electron chi connectivity index (χ4n) is 2.14. The van der Waals surface area contributed by atoms with E-state index >= 15 is 0 Å². The molecular weight excluding hydrogens is 204 g/mol. The maximum absolute atomic E-state index is 2.39. The van der Waals surface area contributed by atoms with E-state index in [1.54, 1.807) is 0 Å². The molecule has 0 spiro atoms. The van der Waals surface area contributed by atoms with Crippen LogP contribution in [-0.2, 0) is 0 Å². The van der Waals surface area contributed by atoms with E-state index in [2.05, 4.69) is 59.8 Å². The Bertz CT molecular complexity index is 228. The predicted molar refractivity (Wildman–Crippen MR) is 80.2 cm³/mol. The van der Waals surface area contributed by atoms with Crippen molar-refractivity contribution >= 4 is 0 Å². The molecule has 0 aliphatic carbocycles. The molecule has 0 heteroatoms. The Kier molecular flexibility index (Phi) is 9.21. The van der Waals surface area contributed by atoms with Crippen molar-refractivity contribution in [1.82, 2.24) is 0 Å². The SMILES string of the molecule is CC(C)=C/C=C/C(C)CC(C)CCCC(C)C. The highest BCUT2D eigenvalue weighted by Crippen LogP contribution is 2.20. The van der Waals surface area contributed by atoms with E-state index in [1.165, 1.54) is 31.3 Å². The Morgan fingerprint density at radius 3 is 2.18 bits per heavy atom. The van der Waals surface area contributed by atoms with Crippen LogP contribution in [0.3, 0.4) is 0 Å². The van der Waals surface area contributed by atoms with Gasteiger partial charge in [0.15, 0.2) is 0 Å². The minimum Gasteiger partial charge on any atom is -0.0817 e. The molecule has 100 valence electrons. The normalized spacial score (nSPS) is 15.2. The van der Waals surface area contributed by atoms with E-state index in [0.717, 1.165) is 11.8 Å². The maximum atomic E-state index is 2.39. The monoisotopic (exact) mass is 236 g/mol. The topological polar surface area (TPSA) is 0 Å². The number of hydrogen-bond acceptors (Lipinski definition) is 0. The van der Waals surface area contributed by atoms with Crippen molar-refractivity contribution in [2.45, 2.75) is 67.2 Å². The van der Waals surface area contributed by atoms with Crippen LogP contribution in [0.1, 0.15) is 67.2 Å². The minimum atomic E-state index is 0.708. The van der Waals surface area contributed by atoms with Gasteiger partial charge in [0, 0.05) is 0 Å². The van der Waals surface area contributed by atoms with Gasteiger partial charge in [-0.25, -0.2) is 0 Å². The summed E-state index contributed by atoms with van der Waals surface area (Å²) >= 11 is 0. The van der Waals surface area contributed by atoms with E-state index in [9.17, 15) is 0 Å². The molecule has 0 aromatic heterocycles. The van der Waals surface area contributed by atoms with Crippen LogP contribution >= 0.6 is 0 Å². The molecule has 0 nitrogen and oxygen atoms in total. The second-order valence-corrected chi connectivity index (χ2v) is 6.27. The Morgan fingerprint density at radius 1 is 1.00 bits per heavy atom. The lowest BCUT2D eigenvalue weighted by Gasteiger charge is -2.15. The first-order chi connectivity index (χ1) is 7.91. The second-order valence-electron chi connectivity index (χ2n) is 6.27. The fraction of sp³-hybridized carbons (Fsp3) is 0.765. The smallest absolute Gasteiger partial charge is 0.0256 e. The molecule has 0 bridgehead atoms. The molecule has 0 aliphatic heterocycles. The molecule has 0 rings (SSSR count). The minimum absolute atomic E-state index is 0.708. The van der Waals surface area contributed by atoms with Crippen LogP contribution < -0.4 is 0 Å². The fourth-order valence-corrected chi connectivity index (χ4v) is 2.14. The van der Waals surface area contributed by atoms with Gasteiger partial charge in [-0.15, -0.1) is 0 Å². The van der Waals surface area contributed by atoms with Crippen LogP contribution in [0.5, 0.6) is 0 Å². The number of allylic oxidation sites excluding steroid dienone is 4. The average molecular weight is 236 g/mol. The zero-order chi connectivity index (χ0) is 13.3. The van der Waals surface area contributed by atoms with Gasteiger partial charge in [-0.1, -0.05) is 70.8 Å². The lowest BCUT2D eigenvalue weighted by molar-refractivity contribution is 0.404. The van der Waals surface area contributed by atoms with Gasteiger partial charge < -0.3 is 0 Å². The van der Waals surface area contributed by atoms with Crippen molar-refractivity contribution < 1.29 is 0 Å². The summed E-state index contributed by atoms with van der Waals surface area (Å²) in [7, 11) is 0. The van der Waals surface area contributed by atoms with Gasteiger partial charge >= 0.3 is 0 Å². The van der Waals surface area contributed by atoms with E-state index in [-0.39, 0.29) is 0 Å². The summed E-state index contributed by atoms with van der Waals surface area (Å²) in [5, 5.41) is 0. The predicted octanol–water partition coefficient (Wildman–Crippen LogP) is 6.00. The molecule has 0 amide bonds. The second kappa shape index (κ2) is 9.50. The molecule has 0 saturated carbocycles. The Balaban J connectivity index is 3.76. The molecule has 0 aliphatic rings. The van der Waals surface area contributed by atoms with Crippen LogP contribution in [0.25, 0.3) is 0 Å². The van der Waals surface area contributed by atoms with Crippen LogP contribution in [0.4, 0.5) is 0 Å². The molecule has 17 heavy (non-hydrogen) atoms. The van der Waals surface area contributed by atoms with E-state index in [1.807, 2.05) is 0 Å². The molecule has 0 aromatic carbocycles. The molecule has 0 fully saturated rings. The van der Waals surface area contributed by atoms with Gasteiger partial charge in [0.05, 0.1) is 0 Å². The standard InChI is InChI=1S/C17H32/c1-14(2)9-7-11-16(5)13-17(6)12-8-10-15(3)4/h7,9,11,15-17H,8,10,12-13H2,1-6H3/b11-7+. The Morgan fingerprint density at radius 2 is 1.65 bits per heavy atom. The molecule has 2 unspecified atom stereocenters. The zero-order valence-corrected chi connectivity index (χ0v) is 12.8. The first-order valence-corrected chi connectivity index (χ1v) is 7.23. The van der Waals surface area contributed by atoms with Crippen molar-refractivity contribution in [1.29, 1.82) is 0 Å². The molecule has 0 aromatic rings. The molecule has 0 N–H and O–H groups in total. The van der Waals surface area contributed by atoms with Crippen LogP contribution in [0.15, 0.2) is 23.8 Å². The first-order valence-electron chi connectivity index (χ1n) is 7.23. The lowest BCUT2D eigenvalue weighted by Crippen LogP contribution is -2.01. The van der Waals surface area contributed by atoms with Gasteiger partial charge in [0.25, 0.3) is 0 Å². The molecule has 0 heterocycles. The summed E-state index contributed by atoms with van der Waals surface area (Å²) in [5.74, 6) is 2.43. The van der Waals surface area contributed by atoms with Gasteiger partial charge in [0.2, 0.25) is 0 Å². The Labute approximate surface area is 109 Å². The molecule has 0 radical (unpaired) electrons. The van der Waals surface area contributed by atoms with Gasteiger partial charge in [-0.2, -0.15) is 0 Å². The van der Waals surface area contributed by atoms with E-state index < -0.39 is 0 Å². The largest absolute Gasteiger partial charge is 0.0817 e. The summed E-state index contributed by atoms with van der Waals surface area (Å²) in [4.78, 5) is 0. The summed E-state index contributed by atoms with van der Waals surface area (Å²) in [5.41, 5.74) is 1.37. The summed E-state index contributed by atoms with van der Waals surface area (Å²) in [6.45, 7) is 13.6. The van der Waals surface area contributed by atoms with Crippen LogP contribution in [0.2, 0.25) is 0 Å². The van der Waals surface area contributed by atoms with Crippen LogP contribution in [-0.4, -0.2) is 0 Å². The third-order valence-electron chi connectivity index (χ3n) is 3.12. The quantitative estimate of drug-likeness (QED) is 0.454. The van der Waals surface area contributed by atoms with Crippen molar-refractivity contribution in [3.63, 3.8) is 0 Å². The average Bonchev–Trinajstić information content (AvgIpc) is 2.15. The number of rotatable bonds is 8. The zero-order valence-electron chi connectivity index (χ0n) is 12.8. The van der Waals surface area contributed by atoms with Gasteiger partial charge in [0.1, 0.15) is 0 Å². The molecular formula is C17H32. The van der Waals surface area contributed by atoms with Crippen molar-refractivity contribution in [2.75, 3.05) is 0 Å². The lowest BCUT2D eigenvalue weighted by atomic mass is 9.91. The van der Waals surface area contributed by atoms with Crippen molar-refractivity contribution in [3.05, 3.63) is 23.8 Å². The number of hydrogen-bond donors (Lipinski definition) is 0. The van der Waals surface area contributed by atoms with Crippen molar-refractivity contribution in [3.8, 4) is 0 Å². The molecule has 2 atom stereocenters. The molecule has 0 saturated heterocycles. The van der Waals surface area contributed by atoms with E-state index in [0.29, 0.717) is 5.92 Å². The third-order valence-corrected chi connectivity index (χ3v) is 3.12. The van der Waals surface area contributed by atoms with Crippen molar-refractivity contribution in [2.24, 2.45) is 17.8 Å². The first kappa shape index (κ1) is 16.5. The third kappa shape index (κ3) is 11.7. The highest BCUT2D eigenvalue weighted by atomic mass is 14.1. The highest BCUT2D eigenvalue weighted by Gasteiger charge is 2.06. The van der Waals surface area contributed by atoms with E-state index in [4.69, 9.17) is 0 Å². The maximum Gasteiger partial charge on any atom is -0.0256 e. The summed E-state index contributed by atoms with van der Waals surface area (Å²) in [6.07, 6.45) is 12.2. The van der Waals surface area contributed by atoms with Gasteiger partial charge in [-0.05, 0) is 38.0 Å². The summed E-state index contributed by atoms with van der Waals surface area (Å²) < 4.78 is 0. The highest BCUT2D eigenvalue weighted by molar-refractivity contribution is 5.09. The van der Waals surface area contributed by atoms with Gasteiger partial charge in [-0.3, -0.25) is 0 Å². The Hall–Kier alpha value is -0.520.